The summed E-state index contributed by atoms with van der Waals surface area (Å²) >= 11 is 1.10. The first kappa shape index (κ1) is 12.1. The number of rotatable bonds is 5. The van der Waals surface area contributed by atoms with E-state index in [1.54, 1.807) is 13.2 Å². The lowest BCUT2D eigenvalue weighted by molar-refractivity contribution is 0.0701. The van der Waals surface area contributed by atoms with Crippen LogP contribution in [0.2, 0.25) is 0 Å². The van der Waals surface area contributed by atoms with Crippen molar-refractivity contribution in [3.8, 4) is 0 Å². The largest absolute Gasteiger partial charge is 0.477 e. The van der Waals surface area contributed by atoms with Crippen LogP contribution >= 0.6 is 11.3 Å². The van der Waals surface area contributed by atoms with Gasteiger partial charge in [0.2, 0.25) is 0 Å². The van der Waals surface area contributed by atoms with Crippen molar-refractivity contribution in [3.05, 3.63) is 10.6 Å². The Hall–Kier alpha value is -0.950. The minimum atomic E-state index is -0.961. The zero-order valence-corrected chi connectivity index (χ0v) is 10.1. The van der Waals surface area contributed by atoms with Gasteiger partial charge in [-0.1, -0.05) is 11.3 Å². The van der Waals surface area contributed by atoms with E-state index in [-0.39, 0.29) is 4.88 Å². The van der Waals surface area contributed by atoms with E-state index in [1.807, 2.05) is 0 Å². The quantitative estimate of drug-likeness (QED) is 0.810. The molecule has 0 amide bonds. The summed E-state index contributed by atoms with van der Waals surface area (Å²) in [4.78, 5) is 15.0. The van der Waals surface area contributed by atoms with Crippen LogP contribution < -0.4 is 5.32 Å². The molecule has 0 aliphatic heterocycles. The lowest BCUT2D eigenvalue weighted by atomic mass is 10.4. The molecule has 0 spiro atoms. The van der Waals surface area contributed by atoms with Gasteiger partial charge in [-0.3, -0.25) is 4.21 Å². The minimum Gasteiger partial charge on any atom is -0.477 e. The van der Waals surface area contributed by atoms with Gasteiger partial charge < -0.3 is 10.4 Å². The third-order valence-corrected chi connectivity index (χ3v) is 3.54. The Labute approximate surface area is 94.0 Å². The van der Waals surface area contributed by atoms with Crippen LogP contribution in [0.4, 0.5) is 5.13 Å². The maximum absolute atomic E-state index is 10.8. The summed E-state index contributed by atoms with van der Waals surface area (Å²) in [7, 11) is -0.849. The molecule has 1 heterocycles. The third-order valence-electron chi connectivity index (χ3n) is 1.66. The first-order valence-corrected chi connectivity index (χ1v) is 6.79. The van der Waals surface area contributed by atoms with E-state index in [9.17, 15) is 9.00 Å². The summed E-state index contributed by atoms with van der Waals surface area (Å²) in [6.07, 6.45) is 1.62. The number of hydrogen-bond acceptors (Lipinski definition) is 5. The molecule has 1 aromatic heterocycles. The second kappa shape index (κ2) is 5.22. The Morgan fingerprint density at radius 2 is 2.33 bits per heavy atom. The van der Waals surface area contributed by atoms with Gasteiger partial charge in [-0.15, -0.1) is 0 Å². The number of carboxylic acids is 1. The number of carboxylic acid groups (broad SMARTS) is 1. The molecule has 7 heteroatoms. The zero-order valence-electron chi connectivity index (χ0n) is 8.44. The number of hydrogen-bond donors (Lipinski definition) is 2. The molecule has 0 aliphatic rings. The Morgan fingerprint density at radius 1 is 1.67 bits per heavy atom. The van der Waals surface area contributed by atoms with Gasteiger partial charge in [0.1, 0.15) is 4.88 Å². The highest BCUT2D eigenvalue weighted by atomic mass is 32.2. The van der Waals surface area contributed by atoms with Crippen LogP contribution in [-0.2, 0) is 10.8 Å². The van der Waals surface area contributed by atoms with Gasteiger partial charge in [-0.25, -0.2) is 9.78 Å². The molecule has 84 valence electrons. The van der Waals surface area contributed by atoms with Gasteiger partial charge in [-0.2, -0.15) is 0 Å². The summed E-state index contributed by atoms with van der Waals surface area (Å²) in [5.41, 5.74) is 0.507. The van der Waals surface area contributed by atoms with E-state index >= 15 is 0 Å². The van der Waals surface area contributed by atoms with Crippen molar-refractivity contribution in [1.82, 2.24) is 4.98 Å². The Kier molecular flexibility index (Phi) is 4.22. The fourth-order valence-corrected chi connectivity index (χ4v) is 2.19. The SMILES string of the molecule is Cc1nc(NCCS(C)=O)sc1C(=O)O. The molecule has 0 bridgehead atoms. The van der Waals surface area contributed by atoms with Crippen LogP contribution in [0.25, 0.3) is 0 Å². The van der Waals surface area contributed by atoms with Crippen molar-refractivity contribution >= 4 is 33.2 Å². The Bertz CT molecular complexity index is 389. The first-order valence-electron chi connectivity index (χ1n) is 4.25. The monoisotopic (exact) mass is 248 g/mol. The summed E-state index contributed by atoms with van der Waals surface area (Å²) in [5.74, 6) is -0.432. The maximum atomic E-state index is 10.8. The van der Waals surface area contributed by atoms with Crippen LogP contribution in [-0.4, -0.2) is 38.8 Å². The fourth-order valence-electron chi connectivity index (χ4n) is 0.972. The van der Waals surface area contributed by atoms with Gasteiger partial charge in [0.05, 0.1) is 5.69 Å². The van der Waals surface area contributed by atoms with E-state index in [1.165, 1.54) is 0 Å². The highest BCUT2D eigenvalue weighted by molar-refractivity contribution is 7.84. The normalized spacial score (nSPS) is 12.4. The molecule has 0 saturated heterocycles. The van der Waals surface area contributed by atoms with E-state index < -0.39 is 16.8 Å². The molecule has 0 radical (unpaired) electrons. The number of aromatic carboxylic acids is 1. The molecular weight excluding hydrogens is 236 g/mol. The number of carbonyl (C=O) groups is 1. The van der Waals surface area contributed by atoms with E-state index in [0.29, 0.717) is 23.1 Å². The van der Waals surface area contributed by atoms with Crippen LogP contribution in [0, 0.1) is 6.92 Å². The molecule has 0 saturated carbocycles. The molecule has 1 aromatic rings. The number of nitrogens with one attached hydrogen (secondary N) is 1. The molecule has 5 nitrogen and oxygen atoms in total. The average Bonchev–Trinajstić information content (AvgIpc) is 2.46. The summed E-state index contributed by atoms with van der Waals surface area (Å²) in [5, 5.41) is 12.3. The fraction of sp³-hybridized carbons (Fsp3) is 0.500. The summed E-state index contributed by atoms with van der Waals surface area (Å²) < 4.78 is 10.8. The predicted molar refractivity (Wildman–Crippen MR) is 61.2 cm³/mol. The smallest absolute Gasteiger partial charge is 0.347 e. The second-order valence-electron chi connectivity index (χ2n) is 2.94. The minimum absolute atomic E-state index is 0.245. The van der Waals surface area contributed by atoms with E-state index in [4.69, 9.17) is 5.11 Å². The van der Waals surface area contributed by atoms with Gasteiger partial charge >= 0.3 is 5.97 Å². The summed E-state index contributed by atoms with van der Waals surface area (Å²) in [6.45, 7) is 2.19. The van der Waals surface area contributed by atoms with Crippen molar-refractivity contribution in [2.24, 2.45) is 0 Å². The van der Waals surface area contributed by atoms with Gasteiger partial charge in [-0.05, 0) is 6.92 Å². The molecule has 0 aromatic carbocycles. The molecule has 1 atom stereocenters. The molecule has 1 unspecified atom stereocenters. The van der Waals surface area contributed by atoms with Gasteiger partial charge in [0.15, 0.2) is 5.13 Å². The van der Waals surface area contributed by atoms with E-state index in [2.05, 4.69) is 10.3 Å². The molecule has 0 fully saturated rings. The van der Waals surface area contributed by atoms with Crippen molar-refractivity contribution in [2.75, 3.05) is 23.9 Å². The van der Waals surface area contributed by atoms with Crippen molar-refractivity contribution < 1.29 is 14.1 Å². The number of aromatic nitrogens is 1. The molecule has 2 N–H and O–H groups in total. The highest BCUT2D eigenvalue weighted by Gasteiger charge is 2.13. The molecule has 0 aliphatic carbocycles. The lowest BCUT2D eigenvalue weighted by Gasteiger charge is -1.98. The first-order chi connectivity index (χ1) is 7.00. The average molecular weight is 248 g/mol. The number of thiazole rings is 1. The molecule has 15 heavy (non-hydrogen) atoms. The lowest BCUT2D eigenvalue weighted by Crippen LogP contribution is -2.09. The third kappa shape index (κ3) is 3.60. The van der Waals surface area contributed by atoms with Crippen LogP contribution in [0.5, 0.6) is 0 Å². The highest BCUT2D eigenvalue weighted by Crippen LogP contribution is 2.21. The van der Waals surface area contributed by atoms with Gasteiger partial charge in [0, 0.05) is 29.4 Å². The molecular formula is C8H12N2O3S2. The zero-order chi connectivity index (χ0) is 11.4. The Balaban J connectivity index is 2.59. The van der Waals surface area contributed by atoms with Gasteiger partial charge in [0.25, 0.3) is 0 Å². The predicted octanol–water partition coefficient (Wildman–Crippen LogP) is 0.940. The standard InChI is InChI=1S/C8H12N2O3S2/c1-5-6(7(11)12)14-8(10-5)9-3-4-15(2)13/h3-4H2,1-2H3,(H,9,10)(H,11,12). The van der Waals surface area contributed by atoms with E-state index in [0.717, 1.165) is 11.3 Å². The second-order valence-corrected chi connectivity index (χ2v) is 5.50. The molecule has 1 rings (SSSR count). The summed E-state index contributed by atoms with van der Waals surface area (Å²) in [6, 6.07) is 0. The topological polar surface area (TPSA) is 79.3 Å². The van der Waals surface area contributed by atoms with Crippen LogP contribution in [0.1, 0.15) is 15.4 Å². The number of nitrogens with zero attached hydrogens (tertiary/aromatic N) is 1. The Morgan fingerprint density at radius 3 is 2.80 bits per heavy atom. The van der Waals surface area contributed by atoms with Crippen molar-refractivity contribution in [2.45, 2.75) is 6.92 Å². The number of anilines is 1. The van der Waals surface area contributed by atoms with Crippen LogP contribution in [0.15, 0.2) is 0 Å². The van der Waals surface area contributed by atoms with Crippen molar-refractivity contribution in [3.63, 3.8) is 0 Å². The maximum Gasteiger partial charge on any atom is 0.347 e. The number of aryl methyl sites for hydroxylation is 1. The van der Waals surface area contributed by atoms with Crippen LogP contribution in [0.3, 0.4) is 0 Å². The van der Waals surface area contributed by atoms with Crippen molar-refractivity contribution in [1.29, 1.82) is 0 Å².